The van der Waals surface area contributed by atoms with Crippen LogP contribution in [0.5, 0.6) is 0 Å². The second-order valence-corrected chi connectivity index (χ2v) is 7.42. The van der Waals surface area contributed by atoms with Crippen LogP contribution in [0.3, 0.4) is 0 Å². The normalized spacial score (nSPS) is 17.3. The molecule has 2 rings (SSSR count). The Hall–Kier alpha value is -1.93. The van der Waals surface area contributed by atoms with E-state index in [1.807, 2.05) is 0 Å². The van der Waals surface area contributed by atoms with Crippen LogP contribution in [0.25, 0.3) is 0 Å². The predicted molar refractivity (Wildman–Crippen MR) is 83.1 cm³/mol. The summed E-state index contributed by atoms with van der Waals surface area (Å²) in [7, 11) is -3.80. The number of sulfonamides is 1. The van der Waals surface area contributed by atoms with Gasteiger partial charge in [-0.2, -0.15) is 4.72 Å². The number of rotatable bonds is 8. The maximum absolute atomic E-state index is 12.2. The van der Waals surface area contributed by atoms with E-state index >= 15 is 0 Å². The van der Waals surface area contributed by atoms with E-state index < -0.39 is 34.0 Å². The molecule has 1 aliphatic rings. The highest BCUT2D eigenvalue weighted by Crippen LogP contribution is 2.34. The van der Waals surface area contributed by atoms with Crippen molar-refractivity contribution in [2.75, 3.05) is 0 Å². The Balaban J connectivity index is 1.98. The zero-order valence-corrected chi connectivity index (χ0v) is 13.5. The Kier molecular flexibility index (Phi) is 5.38. The van der Waals surface area contributed by atoms with E-state index in [2.05, 4.69) is 10.0 Å². The molecule has 1 aliphatic carbocycles. The first-order chi connectivity index (χ1) is 10.8. The quantitative estimate of drug-likeness (QED) is 0.645. The van der Waals surface area contributed by atoms with E-state index in [1.165, 1.54) is 19.1 Å². The summed E-state index contributed by atoms with van der Waals surface area (Å²) >= 11 is 0. The van der Waals surface area contributed by atoms with Crippen LogP contribution in [-0.4, -0.2) is 37.5 Å². The van der Waals surface area contributed by atoms with Crippen LogP contribution in [0.15, 0.2) is 35.2 Å². The van der Waals surface area contributed by atoms with E-state index in [0.29, 0.717) is 0 Å². The molecule has 126 valence electrons. The van der Waals surface area contributed by atoms with Gasteiger partial charge >= 0.3 is 5.97 Å². The minimum Gasteiger partial charge on any atom is -0.481 e. The molecule has 0 heterocycles. The average Bonchev–Trinajstić information content (AvgIpc) is 3.31. The summed E-state index contributed by atoms with van der Waals surface area (Å²) in [6.45, 7) is 1.43. The van der Waals surface area contributed by atoms with E-state index in [-0.39, 0.29) is 17.2 Å². The first-order valence-corrected chi connectivity index (χ1v) is 8.87. The lowest BCUT2D eigenvalue weighted by Gasteiger charge is -2.20. The van der Waals surface area contributed by atoms with Crippen molar-refractivity contribution >= 4 is 21.9 Å². The number of carbonyl (C=O) groups is 2. The third-order valence-corrected chi connectivity index (χ3v) is 5.25. The molecule has 0 spiro atoms. The van der Waals surface area contributed by atoms with Gasteiger partial charge in [0.05, 0.1) is 17.4 Å². The molecule has 0 aliphatic heterocycles. The Morgan fingerprint density at radius 3 is 2.39 bits per heavy atom. The Morgan fingerprint density at radius 1 is 1.26 bits per heavy atom. The molecule has 0 aromatic heterocycles. The van der Waals surface area contributed by atoms with Gasteiger partial charge in [-0.3, -0.25) is 9.59 Å². The molecular formula is C15H20N2O5S. The summed E-state index contributed by atoms with van der Waals surface area (Å²) in [5, 5.41) is 11.5. The fraction of sp³-hybridized carbons (Fsp3) is 0.467. The largest absolute Gasteiger partial charge is 0.481 e. The van der Waals surface area contributed by atoms with Crippen LogP contribution >= 0.6 is 0 Å². The number of carbonyl (C=O) groups excluding carboxylic acids is 1. The lowest BCUT2D eigenvalue weighted by atomic mass is 10.1. The third-order valence-electron chi connectivity index (χ3n) is 3.69. The second kappa shape index (κ2) is 7.10. The minimum atomic E-state index is -3.80. The number of hydrogen-bond acceptors (Lipinski definition) is 4. The Morgan fingerprint density at radius 2 is 1.87 bits per heavy atom. The summed E-state index contributed by atoms with van der Waals surface area (Å²) in [6, 6.07) is 6.31. The summed E-state index contributed by atoms with van der Waals surface area (Å²) in [5.41, 5.74) is 0. The van der Waals surface area contributed by atoms with E-state index in [0.717, 1.165) is 12.8 Å². The molecule has 23 heavy (non-hydrogen) atoms. The molecule has 2 atom stereocenters. The maximum atomic E-state index is 12.2. The van der Waals surface area contributed by atoms with Crippen LogP contribution in [-0.2, 0) is 19.6 Å². The highest BCUT2D eigenvalue weighted by Gasteiger charge is 2.35. The second-order valence-electron chi connectivity index (χ2n) is 5.71. The molecule has 1 aromatic carbocycles. The number of carboxylic acids is 1. The number of hydrogen-bond donors (Lipinski definition) is 3. The van der Waals surface area contributed by atoms with Crippen molar-refractivity contribution in [1.82, 2.24) is 10.0 Å². The van der Waals surface area contributed by atoms with E-state index in [9.17, 15) is 18.0 Å². The lowest BCUT2D eigenvalue weighted by molar-refractivity contribution is -0.138. The van der Waals surface area contributed by atoms with Gasteiger partial charge in [0, 0.05) is 6.04 Å². The van der Waals surface area contributed by atoms with Gasteiger partial charge in [-0.05, 0) is 37.8 Å². The first-order valence-electron chi connectivity index (χ1n) is 7.39. The SMILES string of the molecule is C[C@H](NS(=O)(=O)c1ccccc1)C(=O)N[C@@H](CC(=O)O)C1CC1. The van der Waals surface area contributed by atoms with Gasteiger partial charge in [-0.25, -0.2) is 8.42 Å². The smallest absolute Gasteiger partial charge is 0.305 e. The maximum Gasteiger partial charge on any atom is 0.305 e. The summed E-state index contributed by atoms with van der Waals surface area (Å²) in [4.78, 5) is 23.1. The average molecular weight is 340 g/mol. The first kappa shape index (κ1) is 17.4. The number of aliphatic carboxylic acids is 1. The molecule has 0 radical (unpaired) electrons. The molecule has 8 heteroatoms. The molecule has 1 amide bonds. The van der Waals surface area contributed by atoms with Crippen LogP contribution in [0, 0.1) is 5.92 Å². The van der Waals surface area contributed by atoms with Gasteiger partial charge in [0.15, 0.2) is 0 Å². The number of amides is 1. The van der Waals surface area contributed by atoms with E-state index in [1.54, 1.807) is 18.2 Å². The standard InChI is InChI=1S/C15H20N2O5S/c1-10(17-23(21,22)12-5-3-2-4-6-12)15(20)16-13(9-14(18)19)11-7-8-11/h2-6,10-11,13,17H,7-9H2,1H3,(H,16,20)(H,18,19)/t10-,13-/m0/s1. The summed E-state index contributed by atoms with van der Waals surface area (Å²) in [6.07, 6.45) is 1.60. The zero-order valence-electron chi connectivity index (χ0n) is 12.7. The molecule has 3 N–H and O–H groups in total. The van der Waals surface area contributed by atoms with Crippen molar-refractivity contribution in [3.05, 3.63) is 30.3 Å². The lowest BCUT2D eigenvalue weighted by Crippen LogP contribution is -2.49. The van der Waals surface area contributed by atoms with Gasteiger partial charge in [0.25, 0.3) is 0 Å². The monoisotopic (exact) mass is 340 g/mol. The van der Waals surface area contributed by atoms with Crippen molar-refractivity contribution in [3.8, 4) is 0 Å². The third kappa shape index (κ3) is 5.04. The van der Waals surface area contributed by atoms with Crippen molar-refractivity contribution in [2.45, 2.75) is 43.2 Å². The highest BCUT2D eigenvalue weighted by atomic mass is 32.2. The molecule has 0 saturated heterocycles. The van der Waals surface area contributed by atoms with Crippen LogP contribution in [0.1, 0.15) is 26.2 Å². The fourth-order valence-corrected chi connectivity index (χ4v) is 3.51. The molecule has 0 bridgehead atoms. The summed E-state index contributed by atoms with van der Waals surface area (Å²) < 4.78 is 26.6. The zero-order chi connectivity index (χ0) is 17.0. The molecule has 7 nitrogen and oxygen atoms in total. The van der Waals surface area contributed by atoms with Crippen LogP contribution < -0.4 is 10.0 Å². The van der Waals surface area contributed by atoms with Crippen molar-refractivity contribution in [3.63, 3.8) is 0 Å². The van der Waals surface area contributed by atoms with E-state index in [4.69, 9.17) is 5.11 Å². The molecule has 1 aromatic rings. The molecular weight excluding hydrogens is 320 g/mol. The predicted octanol–water partition coefficient (Wildman–Crippen LogP) is 0.723. The topological polar surface area (TPSA) is 113 Å². The fourth-order valence-electron chi connectivity index (χ4n) is 2.28. The number of benzene rings is 1. The van der Waals surface area contributed by atoms with Gasteiger partial charge in [0.1, 0.15) is 0 Å². The Bertz CT molecular complexity index is 670. The van der Waals surface area contributed by atoms with Crippen LogP contribution in [0.4, 0.5) is 0 Å². The van der Waals surface area contributed by atoms with Crippen molar-refractivity contribution < 1.29 is 23.1 Å². The minimum absolute atomic E-state index is 0.0731. The molecule has 1 saturated carbocycles. The van der Waals surface area contributed by atoms with Crippen molar-refractivity contribution in [2.24, 2.45) is 5.92 Å². The number of carboxylic acid groups (broad SMARTS) is 1. The Labute approximate surface area is 135 Å². The molecule has 0 unspecified atom stereocenters. The van der Waals surface area contributed by atoms with Gasteiger partial charge < -0.3 is 10.4 Å². The van der Waals surface area contributed by atoms with Crippen molar-refractivity contribution in [1.29, 1.82) is 0 Å². The number of nitrogens with one attached hydrogen (secondary N) is 2. The van der Waals surface area contributed by atoms with Gasteiger partial charge in [-0.1, -0.05) is 18.2 Å². The van der Waals surface area contributed by atoms with Crippen LogP contribution in [0.2, 0.25) is 0 Å². The van der Waals surface area contributed by atoms with Gasteiger partial charge in [0.2, 0.25) is 15.9 Å². The summed E-state index contributed by atoms with van der Waals surface area (Å²) in [5.74, 6) is -1.35. The molecule has 1 fully saturated rings. The van der Waals surface area contributed by atoms with Gasteiger partial charge in [-0.15, -0.1) is 0 Å². The highest BCUT2D eigenvalue weighted by molar-refractivity contribution is 7.89.